The number of nitrogens with zero attached hydrogens (tertiary/aromatic N) is 6. The molecule has 54 heavy (non-hydrogen) atoms. The van der Waals surface area contributed by atoms with Gasteiger partial charge in [0.05, 0.1) is 28.9 Å². The molecule has 1 amide bonds. The number of aryl methyl sites for hydroxylation is 1. The van der Waals surface area contributed by atoms with Crippen LogP contribution in [-0.4, -0.2) is 92.3 Å². The molecule has 1 unspecified atom stereocenters. The van der Waals surface area contributed by atoms with E-state index in [4.69, 9.17) is 19.6 Å². The lowest BCUT2D eigenvalue weighted by Gasteiger charge is -2.55. The Morgan fingerprint density at radius 1 is 0.852 bits per heavy atom. The number of aliphatic hydroxyl groups excluding tert-OH is 1. The predicted octanol–water partition coefficient (Wildman–Crippen LogP) is 7.08. The quantitative estimate of drug-likeness (QED) is 0.147. The van der Waals surface area contributed by atoms with Crippen molar-refractivity contribution in [2.45, 2.75) is 52.4 Å². The maximum absolute atomic E-state index is 12.2. The zero-order valence-corrected chi connectivity index (χ0v) is 31.8. The van der Waals surface area contributed by atoms with Crippen LogP contribution < -0.4 is 14.4 Å². The summed E-state index contributed by atoms with van der Waals surface area (Å²) in [6.07, 6.45) is 1.08. The molecule has 0 radical (unpaired) electrons. The SMILES string of the molecule is Cn1nc(-c2ccc(OCc3ccccc3)nc2OCc2ccccc2)c2cccc(N3CCC(CN4CCN(C(=O)O)C(CO)(C(C)(C)C)C4)CC3)c21. The average molecular weight is 733 g/mol. The summed E-state index contributed by atoms with van der Waals surface area (Å²) in [6, 6.07) is 30.4. The van der Waals surface area contributed by atoms with Crippen LogP contribution >= 0.6 is 0 Å². The Morgan fingerprint density at radius 3 is 2.15 bits per heavy atom. The van der Waals surface area contributed by atoms with E-state index < -0.39 is 17.0 Å². The second-order valence-corrected chi connectivity index (χ2v) is 15.7. The lowest BCUT2D eigenvalue weighted by atomic mass is 9.71. The Labute approximate surface area is 317 Å². The number of carboxylic acid groups (broad SMARTS) is 1. The summed E-state index contributed by atoms with van der Waals surface area (Å²) < 4.78 is 14.5. The van der Waals surface area contributed by atoms with Crippen molar-refractivity contribution in [3.8, 4) is 23.0 Å². The van der Waals surface area contributed by atoms with Gasteiger partial charge in [-0.1, -0.05) is 93.6 Å². The standard InChI is InChI=1S/C43H52N6O5/c1-42(2,3)43(30-50)29-47(24-25-49(43)41(51)52)26-31-20-22-48(23-21-31)36-17-11-16-34-38(45-46(4)39(34)36)35-18-19-37(53-27-32-12-7-5-8-13-32)44-40(35)54-28-33-14-9-6-10-15-33/h5-19,31,50H,20-30H2,1-4H3,(H,51,52). The lowest BCUT2D eigenvalue weighted by molar-refractivity contribution is -0.0864. The number of pyridine rings is 1. The van der Waals surface area contributed by atoms with Crippen molar-refractivity contribution >= 4 is 22.7 Å². The van der Waals surface area contributed by atoms with Gasteiger partial charge in [0.15, 0.2) is 0 Å². The van der Waals surface area contributed by atoms with Gasteiger partial charge in [-0.3, -0.25) is 14.5 Å². The molecule has 5 aromatic rings. The molecule has 0 bridgehead atoms. The Kier molecular flexibility index (Phi) is 10.8. The summed E-state index contributed by atoms with van der Waals surface area (Å²) in [5.41, 5.74) is 4.67. The van der Waals surface area contributed by atoms with Gasteiger partial charge >= 0.3 is 6.09 Å². The van der Waals surface area contributed by atoms with Crippen LogP contribution in [0.5, 0.6) is 11.8 Å². The van der Waals surface area contributed by atoms with Crippen LogP contribution in [0.2, 0.25) is 0 Å². The number of benzene rings is 3. The van der Waals surface area contributed by atoms with E-state index in [0.29, 0.717) is 50.5 Å². The maximum Gasteiger partial charge on any atom is 0.407 e. The van der Waals surface area contributed by atoms with Crippen LogP contribution in [0.3, 0.4) is 0 Å². The van der Waals surface area contributed by atoms with E-state index in [2.05, 4.69) is 28.0 Å². The minimum atomic E-state index is -0.962. The summed E-state index contributed by atoms with van der Waals surface area (Å²) >= 11 is 0. The molecule has 2 aliphatic heterocycles. The zero-order valence-electron chi connectivity index (χ0n) is 31.8. The number of anilines is 1. The largest absolute Gasteiger partial charge is 0.473 e. The fourth-order valence-electron chi connectivity index (χ4n) is 8.18. The molecule has 2 saturated heterocycles. The molecular weight excluding hydrogens is 681 g/mol. The topological polar surface area (TPSA) is 116 Å². The number of ether oxygens (including phenoxy) is 2. The first-order chi connectivity index (χ1) is 26.1. The minimum Gasteiger partial charge on any atom is -0.473 e. The van der Waals surface area contributed by atoms with Crippen LogP contribution in [0.1, 0.15) is 44.7 Å². The number of fused-ring (bicyclic) bond motifs is 1. The highest BCUT2D eigenvalue weighted by Crippen LogP contribution is 2.41. The Hall–Kier alpha value is -5.13. The number of piperidine rings is 1. The molecular formula is C43H52N6O5. The molecule has 0 saturated carbocycles. The number of aromatic nitrogens is 3. The van der Waals surface area contributed by atoms with Crippen molar-refractivity contribution in [3.63, 3.8) is 0 Å². The molecule has 2 fully saturated rings. The number of hydrogen-bond donors (Lipinski definition) is 2. The zero-order chi connectivity index (χ0) is 37.9. The van der Waals surface area contributed by atoms with Crippen molar-refractivity contribution in [1.82, 2.24) is 24.6 Å². The molecule has 3 aromatic carbocycles. The van der Waals surface area contributed by atoms with Crippen LogP contribution in [0, 0.1) is 11.3 Å². The van der Waals surface area contributed by atoms with Gasteiger partial charge in [-0.05, 0) is 47.4 Å². The molecule has 2 N–H and O–H groups in total. The Balaban J connectivity index is 1.09. The third-order valence-corrected chi connectivity index (χ3v) is 11.4. The maximum atomic E-state index is 12.2. The van der Waals surface area contributed by atoms with Gasteiger partial charge in [-0.2, -0.15) is 10.1 Å². The third-order valence-electron chi connectivity index (χ3n) is 11.4. The Morgan fingerprint density at radius 2 is 1.52 bits per heavy atom. The second-order valence-electron chi connectivity index (χ2n) is 15.7. The first kappa shape index (κ1) is 37.2. The third kappa shape index (κ3) is 7.61. The van der Waals surface area contributed by atoms with Crippen LogP contribution in [-0.2, 0) is 20.3 Å². The van der Waals surface area contributed by atoms with E-state index in [1.165, 1.54) is 4.90 Å². The predicted molar refractivity (Wildman–Crippen MR) is 211 cm³/mol. The highest BCUT2D eigenvalue weighted by Gasteiger charge is 2.52. The summed E-state index contributed by atoms with van der Waals surface area (Å²) in [5.74, 6) is 1.43. The molecule has 11 nitrogen and oxygen atoms in total. The molecule has 7 rings (SSSR count). The molecule has 11 heteroatoms. The van der Waals surface area contributed by atoms with Crippen LogP contribution in [0.15, 0.2) is 91.0 Å². The van der Waals surface area contributed by atoms with E-state index in [-0.39, 0.29) is 6.61 Å². The summed E-state index contributed by atoms with van der Waals surface area (Å²) in [5, 5.41) is 26.6. The highest BCUT2D eigenvalue weighted by molar-refractivity contribution is 6.01. The van der Waals surface area contributed by atoms with Crippen LogP contribution in [0.25, 0.3) is 22.2 Å². The number of piperazine rings is 1. The van der Waals surface area contributed by atoms with Gasteiger partial charge in [-0.15, -0.1) is 0 Å². The fraction of sp³-hybridized carbons (Fsp3) is 0.419. The average Bonchev–Trinajstić information content (AvgIpc) is 3.52. The van der Waals surface area contributed by atoms with E-state index >= 15 is 0 Å². The molecule has 2 aromatic heterocycles. The number of carbonyl (C=O) groups is 1. The molecule has 284 valence electrons. The smallest absolute Gasteiger partial charge is 0.407 e. The lowest BCUT2D eigenvalue weighted by Crippen LogP contribution is -2.71. The molecule has 0 aliphatic carbocycles. The number of aliphatic hydroxyl groups is 1. The van der Waals surface area contributed by atoms with Crippen molar-refractivity contribution in [3.05, 3.63) is 102 Å². The van der Waals surface area contributed by atoms with Gasteiger partial charge in [0.2, 0.25) is 11.8 Å². The number of para-hydroxylation sites is 1. The van der Waals surface area contributed by atoms with Crippen molar-refractivity contribution in [2.75, 3.05) is 50.8 Å². The van der Waals surface area contributed by atoms with Gasteiger partial charge in [0.25, 0.3) is 0 Å². The first-order valence-electron chi connectivity index (χ1n) is 19.0. The van der Waals surface area contributed by atoms with Crippen molar-refractivity contribution in [1.29, 1.82) is 0 Å². The fourth-order valence-corrected chi connectivity index (χ4v) is 8.18. The first-order valence-corrected chi connectivity index (χ1v) is 19.0. The number of rotatable bonds is 11. The molecule has 1 atom stereocenters. The highest BCUT2D eigenvalue weighted by atomic mass is 16.5. The Bertz CT molecular complexity index is 2040. The van der Waals surface area contributed by atoms with Gasteiger partial charge in [0.1, 0.15) is 18.9 Å². The van der Waals surface area contributed by atoms with Crippen molar-refractivity contribution < 1.29 is 24.5 Å². The van der Waals surface area contributed by atoms with E-state index in [1.807, 2.05) is 105 Å². The number of hydrogen-bond acceptors (Lipinski definition) is 8. The normalized spacial score (nSPS) is 18.6. The summed E-state index contributed by atoms with van der Waals surface area (Å²) in [6.45, 7) is 11.0. The van der Waals surface area contributed by atoms with Gasteiger partial charge in [0, 0.05) is 57.8 Å². The molecule has 2 aliphatic rings. The second kappa shape index (κ2) is 15.7. The van der Waals surface area contributed by atoms with Gasteiger partial charge < -0.3 is 24.6 Å². The minimum absolute atomic E-state index is 0.197. The van der Waals surface area contributed by atoms with Gasteiger partial charge in [-0.25, -0.2) is 4.79 Å². The molecule has 0 spiro atoms. The van der Waals surface area contributed by atoms with E-state index in [9.17, 15) is 15.0 Å². The number of amides is 1. The van der Waals surface area contributed by atoms with E-state index in [0.717, 1.165) is 71.5 Å². The summed E-state index contributed by atoms with van der Waals surface area (Å²) in [7, 11) is 2.00. The van der Waals surface area contributed by atoms with Crippen LogP contribution in [0.4, 0.5) is 10.5 Å². The summed E-state index contributed by atoms with van der Waals surface area (Å²) in [4.78, 5) is 23.4. The monoisotopic (exact) mass is 732 g/mol. The van der Waals surface area contributed by atoms with Crippen molar-refractivity contribution in [2.24, 2.45) is 18.4 Å². The van der Waals surface area contributed by atoms with E-state index in [1.54, 1.807) is 0 Å². The molecule has 4 heterocycles.